The summed E-state index contributed by atoms with van der Waals surface area (Å²) in [6.07, 6.45) is 0. The molecule has 5 nitrogen and oxygen atoms in total. The minimum Gasteiger partial charge on any atom is -0.348 e. The third kappa shape index (κ3) is 4.40. The fourth-order valence-electron chi connectivity index (χ4n) is 2.89. The van der Waals surface area contributed by atoms with Gasteiger partial charge in [0.25, 0.3) is 15.9 Å². The van der Waals surface area contributed by atoms with Crippen molar-refractivity contribution in [1.29, 1.82) is 0 Å². The summed E-state index contributed by atoms with van der Waals surface area (Å²) in [5.74, 6) is -0.316. The van der Waals surface area contributed by atoms with Crippen molar-refractivity contribution in [3.8, 4) is 0 Å². The van der Waals surface area contributed by atoms with Crippen LogP contribution in [0.5, 0.6) is 0 Å². The Morgan fingerprint density at radius 2 is 1.54 bits per heavy atom. The monoisotopic (exact) mass is 394 g/mol. The van der Waals surface area contributed by atoms with Crippen molar-refractivity contribution in [3.63, 3.8) is 0 Å². The summed E-state index contributed by atoms with van der Waals surface area (Å²) < 4.78 is 27.6. The van der Waals surface area contributed by atoms with Crippen LogP contribution in [-0.2, 0) is 16.6 Å². The van der Waals surface area contributed by atoms with E-state index in [0.29, 0.717) is 17.8 Å². The van der Waals surface area contributed by atoms with Crippen molar-refractivity contribution >= 4 is 21.6 Å². The minimum atomic E-state index is -3.77. The van der Waals surface area contributed by atoms with Crippen LogP contribution in [0.15, 0.2) is 89.8 Å². The Labute approximate surface area is 165 Å². The summed E-state index contributed by atoms with van der Waals surface area (Å²) in [6.45, 7) is 2.44. The first kappa shape index (κ1) is 19.6. The molecular formula is C22H22N2O3S. The highest BCUT2D eigenvalue weighted by atomic mass is 32.2. The number of benzene rings is 3. The third-order valence-corrected chi connectivity index (χ3v) is 6.21. The van der Waals surface area contributed by atoms with Gasteiger partial charge in [0.05, 0.1) is 10.6 Å². The zero-order valence-corrected chi connectivity index (χ0v) is 16.4. The summed E-state index contributed by atoms with van der Waals surface area (Å²) in [4.78, 5) is 12.6. The number of para-hydroxylation sites is 1. The quantitative estimate of drug-likeness (QED) is 0.662. The molecule has 1 amide bonds. The Morgan fingerprint density at radius 3 is 2.18 bits per heavy atom. The lowest BCUT2D eigenvalue weighted by atomic mass is 10.2. The molecule has 0 bridgehead atoms. The van der Waals surface area contributed by atoms with E-state index in [1.54, 1.807) is 43.3 Å². The van der Waals surface area contributed by atoms with Crippen molar-refractivity contribution in [2.45, 2.75) is 18.4 Å². The normalized spacial score (nSPS) is 11.0. The summed E-state index contributed by atoms with van der Waals surface area (Å²) >= 11 is 0. The first-order chi connectivity index (χ1) is 13.5. The molecule has 0 saturated heterocycles. The second kappa shape index (κ2) is 8.71. The lowest BCUT2D eigenvalue weighted by Gasteiger charge is -2.23. The first-order valence-corrected chi connectivity index (χ1v) is 10.5. The summed E-state index contributed by atoms with van der Waals surface area (Å²) in [7, 11) is -3.77. The third-order valence-electron chi connectivity index (χ3n) is 4.31. The van der Waals surface area contributed by atoms with Gasteiger partial charge in [0.2, 0.25) is 0 Å². The van der Waals surface area contributed by atoms with Gasteiger partial charge in [-0.25, -0.2) is 8.42 Å². The molecule has 0 radical (unpaired) electrons. The van der Waals surface area contributed by atoms with E-state index in [1.165, 1.54) is 16.4 Å². The number of nitrogens with zero attached hydrogens (tertiary/aromatic N) is 1. The lowest BCUT2D eigenvalue weighted by Crippen LogP contribution is -2.31. The molecule has 3 aromatic rings. The van der Waals surface area contributed by atoms with Crippen LogP contribution >= 0.6 is 0 Å². The fraction of sp³-hybridized carbons (Fsp3) is 0.136. The maximum absolute atomic E-state index is 13.1. The molecule has 1 N–H and O–H groups in total. The number of carbonyl (C=O) groups excluding carboxylic acids is 1. The molecule has 0 atom stereocenters. The summed E-state index contributed by atoms with van der Waals surface area (Å²) in [5.41, 5.74) is 1.87. The highest BCUT2D eigenvalue weighted by Gasteiger charge is 2.24. The van der Waals surface area contributed by atoms with E-state index in [2.05, 4.69) is 5.32 Å². The second-order valence-electron chi connectivity index (χ2n) is 6.20. The molecule has 0 aliphatic carbocycles. The van der Waals surface area contributed by atoms with E-state index in [1.807, 2.05) is 36.4 Å². The first-order valence-electron chi connectivity index (χ1n) is 9.02. The van der Waals surface area contributed by atoms with E-state index in [4.69, 9.17) is 0 Å². The summed E-state index contributed by atoms with van der Waals surface area (Å²) in [6, 6.07) is 24.6. The van der Waals surface area contributed by atoms with Crippen LogP contribution < -0.4 is 9.62 Å². The van der Waals surface area contributed by atoms with E-state index < -0.39 is 10.0 Å². The number of hydrogen-bond acceptors (Lipinski definition) is 3. The fourth-order valence-corrected chi connectivity index (χ4v) is 4.41. The number of nitrogens with one attached hydrogen (secondary N) is 1. The van der Waals surface area contributed by atoms with Gasteiger partial charge in [0.1, 0.15) is 0 Å². The van der Waals surface area contributed by atoms with Gasteiger partial charge in [-0.1, -0.05) is 54.6 Å². The van der Waals surface area contributed by atoms with Gasteiger partial charge < -0.3 is 5.32 Å². The van der Waals surface area contributed by atoms with Gasteiger partial charge in [0, 0.05) is 18.7 Å². The Kier molecular flexibility index (Phi) is 6.11. The standard InChI is InChI=1S/C22H22N2O3S/c1-2-24(20-13-7-4-8-14-20)28(26,27)21-15-9-12-19(16-21)22(25)23-17-18-10-5-3-6-11-18/h3-16H,2,17H2,1H3,(H,23,25). The van der Waals surface area contributed by atoms with Gasteiger partial charge >= 0.3 is 0 Å². The van der Waals surface area contributed by atoms with Crippen LogP contribution in [0.3, 0.4) is 0 Å². The molecule has 3 aromatic carbocycles. The molecule has 28 heavy (non-hydrogen) atoms. The molecule has 0 aliphatic heterocycles. The van der Waals surface area contributed by atoms with Crippen molar-refractivity contribution in [2.75, 3.05) is 10.8 Å². The highest BCUT2D eigenvalue weighted by molar-refractivity contribution is 7.92. The van der Waals surface area contributed by atoms with Crippen molar-refractivity contribution in [3.05, 3.63) is 96.1 Å². The topological polar surface area (TPSA) is 66.5 Å². The van der Waals surface area contributed by atoms with Crippen LogP contribution in [0.4, 0.5) is 5.69 Å². The maximum atomic E-state index is 13.1. The summed E-state index contributed by atoms with van der Waals surface area (Å²) in [5, 5.41) is 2.82. The van der Waals surface area contributed by atoms with Crippen LogP contribution in [-0.4, -0.2) is 20.9 Å². The van der Waals surface area contributed by atoms with Crippen molar-refractivity contribution in [2.24, 2.45) is 0 Å². The van der Waals surface area contributed by atoms with Gasteiger partial charge in [0.15, 0.2) is 0 Å². The SMILES string of the molecule is CCN(c1ccccc1)S(=O)(=O)c1cccc(C(=O)NCc2ccccc2)c1. The van der Waals surface area contributed by atoms with Crippen molar-refractivity contribution in [1.82, 2.24) is 5.32 Å². The van der Waals surface area contributed by atoms with E-state index in [9.17, 15) is 13.2 Å². The smallest absolute Gasteiger partial charge is 0.264 e. The minimum absolute atomic E-state index is 0.0885. The predicted molar refractivity (Wildman–Crippen MR) is 111 cm³/mol. The number of sulfonamides is 1. The lowest BCUT2D eigenvalue weighted by molar-refractivity contribution is 0.0950. The molecule has 0 unspecified atom stereocenters. The molecule has 0 aromatic heterocycles. The number of amides is 1. The molecule has 0 heterocycles. The van der Waals surface area contributed by atoms with Crippen molar-refractivity contribution < 1.29 is 13.2 Å². The Morgan fingerprint density at radius 1 is 0.893 bits per heavy atom. The average Bonchev–Trinajstić information content (AvgIpc) is 2.74. The number of carbonyl (C=O) groups is 1. The second-order valence-corrected chi connectivity index (χ2v) is 8.06. The van der Waals surface area contributed by atoms with Gasteiger partial charge in [-0.15, -0.1) is 0 Å². The Bertz CT molecular complexity index is 1040. The molecular weight excluding hydrogens is 372 g/mol. The Balaban J connectivity index is 1.82. The molecule has 0 spiro atoms. The van der Waals surface area contributed by atoms with Crippen LogP contribution in [0.1, 0.15) is 22.8 Å². The zero-order valence-electron chi connectivity index (χ0n) is 15.6. The molecule has 3 rings (SSSR count). The average molecular weight is 394 g/mol. The molecule has 0 fully saturated rings. The van der Waals surface area contributed by atoms with E-state index >= 15 is 0 Å². The molecule has 144 valence electrons. The van der Waals surface area contributed by atoms with Crippen LogP contribution in [0.2, 0.25) is 0 Å². The number of hydrogen-bond donors (Lipinski definition) is 1. The van der Waals surface area contributed by atoms with E-state index in [-0.39, 0.29) is 17.3 Å². The van der Waals surface area contributed by atoms with Crippen LogP contribution in [0, 0.1) is 0 Å². The largest absolute Gasteiger partial charge is 0.348 e. The highest BCUT2D eigenvalue weighted by Crippen LogP contribution is 2.23. The number of rotatable bonds is 7. The number of anilines is 1. The molecule has 0 saturated carbocycles. The van der Waals surface area contributed by atoms with E-state index in [0.717, 1.165) is 5.56 Å². The predicted octanol–water partition coefficient (Wildman–Crippen LogP) is 3.83. The van der Waals surface area contributed by atoms with Gasteiger partial charge in [-0.2, -0.15) is 0 Å². The molecule has 0 aliphatic rings. The van der Waals surface area contributed by atoms with Gasteiger partial charge in [-0.3, -0.25) is 9.10 Å². The molecule has 6 heteroatoms. The zero-order chi connectivity index (χ0) is 20.0. The van der Waals surface area contributed by atoms with Crippen LogP contribution in [0.25, 0.3) is 0 Å². The maximum Gasteiger partial charge on any atom is 0.264 e. The Hall–Kier alpha value is -3.12. The van der Waals surface area contributed by atoms with Gasteiger partial charge in [-0.05, 0) is 42.8 Å².